The van der Waals surface area contributed by atoms with E-state index in [1.54, 1.807) is 23.0 Å². The molecule has 9 atom stereocenters. The lowest BCUT2D eigenvalue weighted by Gasteiger charge is -2.71. The van der Waals surface area contributed by atoms with E-state index in [9.17, 15) is 18.8 Å². The van der Waals surface area contributed by atoms with Crippen molar-refractivity contribution in [3.05, 3.63) is 59.2 Å². The molecule has 4 saturated carbocycles. The number of nitrogens with one attached hydrogen (secondary N) is 1. The molecular weight excluding hydrogens is 684 g/mol. The Bertz CT molecular complexity index is 1840. The second-order valence-electron chi connectivity index (χ2n) is 19.5. The summed E-state index contributed by atoms with van der Waals surface area (Å²) >= 11 is 0. The number of rotatable bonds is 8. The Labute approximate surface area is 320 Å². The van der Waals surface area contributed by atoms with Gasteiger partial charge in [-0.2, -0.15) is 0 Å². The molecule has 9 nitrogen and oxygen atoms in total. The van der Waals surface area contributed by atoms with E-state index >= 15 is 0 Å². The Morgan fingerprint density at radius 3 is 2.39 bits per heavy atom. The van der Waals surface area contributed by atoms with Crippen LogP contribution in [0.3, 0.4) is 0 Å². The van der Waals surface area contributed by atoms with Gasteiger partial charge < -0.3 is 14.8 Å². The Hall–Kier alpha value is -3.56. The molecule has 4 fully saturated rings. The Morgan fingerprint density at radius 2 is 1.67 bits per heavy atom. The monoisotopic (exact) mass is 744 g/mol. The minimum absolute atomic E-state index is 0.0138. The lowest BCUT2D eigenvalue weighted by molar-refractivity contribution is -0.226. The predicted octanol–water partition coefficient (Wildman–Crippen LogP) is 8.36. The number of ether oxygens (including phenoxy) is 2. The van der Waals surface area contributed by atoms with Crippen molar-refractivity contribution in [1.82, 2.24) is 20.3 Å². The highest BCUT2D eigenvalue weighted by Crippen LogP contribution is 2.76. The number of allylic oxidation sites excluding steroid dienone is 2. The van der Waals surface area contributed by atoms with Gasteiger partial charge in [0, 0.05) is 24.8 Å². The van der Waals surface area contributed by atoms with Crippen LogP contribution in [0.25, 0.3) is 0 Å². The Morgan fingerprint density at radius 1 is 0.926 bits per heavy atom. The maximum Gasteiger partial charge on any atom is 0.302 e. The molecule has 54 heavy (non-hydrogen) atoms. The molecule has 0 saturated heterocycles. The van der Waals surface area contributed by atoms with E-state index < -0.39 is 10.8 Å². The first-order valence-corrected chi connectivity index (χ1v) is 20.3. The van der Waals surface area contributed by atoms with Gasteiger partial charge in [-0.1, -0.05) is 76.6 Å². The third kappa shape index (κ3) is 6.22. The van der Waals surface area contributed by atoms with Gasteiger partial charge in [-0.25, -0.2) is 9.07 Å². The van der Waals surface area contributed by atoms with Crippen molar-refractivity contribution in [3.63, 3.8) is 0 Å². The normalized spacial score (nSPS) is 38.1. The zero-order valence-electron chi connectivity index (χ0n) is 33.7. The van der Waals surface area contributed by atoms with Crippen LogP contribution in [0, 0.1) is 56.1 Å². The number of carbonyl (C=O) groups is 3. The predicted molar refractivity (Wildman–Crippen MR) is 203 cm³/mol. The third-order valence-corrected chi connectivity index (χ3v) is 16.0. The molecule has 1 heterocycles. The van der Waals surface area contributed by atoms with Crippen molar-refractivity contribution in [3.8, 4) is 0 Å². The van der Waals surface area contributed by atoms with Crippen LogP contribution in [0.1, 0.15) is 131 Å². The molecule has 1 aromatic heterocycles. The molecular formula is C44H61FN4O5. The van der Waals surface area contributed by atoms with Gasteiger partial charge in [0.15, 0.2) is 0 Å². The summed E-state index contributed by atoms with van der Waals surface area (Å²) in [6.45, 7) is 18.2. The highest BCUT2D eigenvalue weighted by atomic mass is 19.1. The van der Waals surface area contributed by atoms with Crippen LogP contribution in [0.5, 0.6) is 0 Å². The fraction of sp³-hybridized carbons (Fsp3) is 0.705. The molecule has 1 aromatic carbocycles. The number of halogens is 1. The largest absolute Gasteiger partial charge is 0.465 e. The first-order chi connectivity index (χ1) is 25.4. The quantitative estimate of drug-likeness (QED) is 0.214. The molecule has 0 bridgehead atoms. The van der Waals surface area contributed by atoms with Crippen LogP contribution in [0.2, 0.25) is 0 Å². The number of esters is 2. The first kappa shape index (κ1) is 38.7. The van der Waals surface area contributed by atoms with Gasteiger partial charge in [0.25, 0.3) is 0 Å². The molecule has 0 radical (unpaired) electrons. The minimum Gasteiger partial charge on any atom is -0.465 e. The molecule has 0 aliphatic heterocycles. The molecule has 5 aliphatic carbocycles. The average molecular weight is 745 g/mol. The van der Waals surface area contributed by atoms with Crippen molar-refractivity contribution in [2.45, 2.75) is 139 Å². The van der Waals surface area contributed by atoms with Crippen molar-refractivity contribution in [1.29, 1.82) is 0 Å². The molecule has 7 rings (SSSR count). The van der Waals surface area contributed by atoms with E-state index in [1.165, 1.54) is 25.5 Å². The summed E-state index contributed by atoms with van der Waals surface area (Å²) in [4.78, 5) is 39.0. The van der Waals surface area contributed by atoms with Crippen molar-refractivity contribution >= 4 is 17.8 Å². The summed E-state index contributed by atoms with van der Waals surface area (Å²) in [6, 6.07) is 6.67. The number of carbonyl (C=O) groups excluding carboxylic acids is 3. The molecule has 0 spiro atoms. The second-order valence-corrected chi connectivity index (χ2v) is 19.5. The highest BCUT2D eigenvalue weighted by Gasteiger charge is 2.70. The number of aromatic nitrogens is 3. The number of hydrogen-bond donors (Lipinski definition) is 1. The number of nitrogens with zero attached hydrogens (tertiary/aromatic N) is 3. The zero-order valence-corrected chi connectivity index (χ0v) is 33.7. The number of fused-ring (bicyclic) bond motifs is 7. The van der Waals surface area contributed by atoms with Crippen LogP contribution in [0.4, 0.5) is 4.39 Å². The second kappa shape index (κ2) is 13.6. The van der Waals surface area contributed by atoms with Gasteiger partial charge in [-0.3, -0.25) is 14.4 Å². The van der Waals surface area contributed by atoms with Crippen LogP contribution >= 0.6 is 0 Å². The number of benzene rings is 1. The van der Waals surface area contributed by atoms with Crippen molar-refractivity contribution in [2.24, 2.45) is 50.2 Å². The van der Waals surface area contributed by atoms with Crippen LogP contribution in [-0.4, -0.2) is 45.6 Å². The van der Waals surface area contributed by atoms with E-state index in [-0.39, 0.29) is 83.0 Å². The smallest absolute Gasteiger partial charge is 0.302 e. The maximum atomic E-state index is 14.6. The van der Waals surface area contributed by atoms with Gasteiger partial charge in [-0.15, -0.1) is 5.10 Å². The van der Waals surface area contributed by atoms with Crippen LogP contribution in [0.15, 0.2) is 42.1 Å². The van der Waals surface area contributed by atoms with Gasteiger partial charge in [0.2, 0.25) is 5.91 Å². The maximum absolute atomic E-state index is 14.6. The highest BCUT2D eigenvalue weighted by molar-refractivity contribution is 5.84. The Kier molecular flexibility index (Phi) is 9.73. The van der Waals surface area contributed by atoms with E-state index in [0.717, 1.165) is 64.2 Å². The molecule has 2 aromatic rings. The lowest BCUT2D eigenvalue weighted by atomic mass is 9.33. The molecule has 1 N–H and O–H groups in total. The summed E-state index contributed by atoms with van der Waals surface area (Å²) in [5, 5.41) is 11.9. The van der Waals surface area contributed by atoms with E-state index in [1.807, 2.05) is 6.07 Å². The standard InChI is InChI=1S/C44H61FN4O5/c1-28(50)53-27-41(6)35-15-18-43(8)36(40(35,5)17-16-37(41)54-29(2)51)14-13-32-33-23-39(3,4)19-21-44(33,22-20-42(32,43)7)38(52)46-24-31-26-49(48-47-31)25-30-11-9-10-12-34(30)45/h9-13,26,33,35-37H,14-25,27H2,1-8H3,(H,46,52)/t33-,35+,36+,37-,40-,41-,42+,43+,44-/m0/s1. The number of hydrogen-bond acceptors (Lipinski definition) is 7. The summed E-state index contributed by atoms with van der Waals surface area (Å²) < 4.78 is 27.6. The summed E-state index contributed by atoms with van der Waals surface area (Å²) in [7, 11) is 0. The third-order valence-electron chi connectivity index (χ3n) is 16.0. The molecule has 10 heteroatoms. The van der Waals surface area contributed by atoms with E-state index in [0.29, 0.717) is 17.2 Å². The van der Waals surface area contributed by atoms with Gasteiger partial charge in [-0.05, 0) is 110 Å². The van der Waals surface area contributed by atoms with Crippen molar-refractivity contribution in [2.75, 3.05) is 6.61 Å². The molecule has 294 valence electrons. The summed E-state index contributed by atoms with van der Waals surface area (Å²) in [6.07, 6.45) is 13.4. The zero-order chi connectivity index (χ0) is 38.9. The topological polar surface area (TPSA) is 112 Å². The lowest BCUT2D eigenvalue weighted by Crippen LogP contribution is -2.66. The molecule has 5 aliphatic rings. The van der Waals surface area contributed by atoms with Gasteiger partial charge in [0.1, 0.15) is 24.2 Å². The average Bonchev–Trinajstić information content (AvgIpc) is 3.56. The minimum atomic E-state index is -0.487. The van der Waals surface area contributed by atoms with Crippen LogP contribution < -0.4 is 5.32 Å². The molecule has 0 unspecified atom stereocenters. The van der Waals surface area contributed by atoms with Crippen LogP contribution in [-0.2, 0) is 36.9 Å². The SMILES string of the molecule is CC(=O)OC[C@@]1(C)[C@@H]2CC[C@]3(C)[C@H](CC=C4[C@@H]5CC(C)(C)CC[C@]5(C(=O)NCc5cn(Cc6ccccc6F)nn5)CC[C@]43C)[C@@]2(C)CC[C@@H]1OC(C)=O. The van der Waals surface area contributed by atoms with Gasteiger partial charge >= 0.3 is 11.9 Å². The van der Waals surface area contributed by atoms with E-state index in [4.69, 9.17) is 9.47 Å². The summed E-state index contributed by atoms with van der Waals surface area (Å²) in [5.74, 6) is 0.0212. The first-order valence-electron chi connectivity index (χ1n) is 20.3. The fourth-order valence-electron chi connectivity index (χ4n) is 12.9. The fourth-order valence-corrected chi connectivity index (χ4v) is 12.9. The number of amides is 1. The Balaban J connectivity index is 1.16. The molecule has 1 amide bonds. The van der Waals surface area contributed by atoms with Gasteiger partial charge in [0.05, 0.1) is 24.7 Å². The summed E-state index contributed by atoms with van der Waals surface area (Å²) in [5.41, 5.74) is 1.75. The van der Waals surface area contributed by atoms with Crippen molar-refractivity contribution < 1.29 is 28.2 Å². The van der Waals surface area contributed by atoms with E-state index in [2.05, 4.69) is 63.2 Å².